The zero-order valence-electron chi connectivity index (χ0n) is 8.99. The lowest BCUT2D eigenvalue weighted by atomic mass is 9.81. The summed E-state index contributed by atoms with van der Waals surface area (Å²) in [5.74, 6) is 3.07. The molecule has 2 rings (SSSR count). The Morgan fingerprint density at radius 1 is 1.29 bits per heavy atom. The van der Waals surface area contributed by atoms with E-state index in [-0.39, 0.29) is 0 Å². The van der Waals surface area contributed by atoms with Crippen LogP contribution in [-0.4, -0.2) is 10.1 Å². The first-order valence-electron chi connectivity index (χ1n) is 5.59. The van der Waals surface area contributed by atoms with Gasteiger partial charge in [0.2, 0.25) is 5.89 Å². The Labute approximate surface area is 84.9 Å². The number of aryl methyl sites for hydroxylation is 1. The summed E-state index contributed by atoms with van der Waals surface area (Å²) < 4.78 is 5.21. The lowest BCUT2D eigenvalue weighted by Crippen LogP contribution is -2.12. The summed E-state index contributed by atoms with van der Waals surface area (Å²) in [6.45, 7) is 4.16. The molecule has 1 aromatic rings. The highest BCUT2D eigenvalue weighted by Crippen LogP contribution is 2.35. The van der Waals surface area contributed by atoms with Crippen LogP contribution in [0.2, 0.25) is 0 Å². The molecule has 1 aliphatic carbocycles. The van der Waals surface area contributed by atoms with Gasteiger partial charge in [-0.3, -0.25) is 0 Å². The first-order chi connectivity index (χ1) is 6.79. The van der Waals surface area contributed by atoms with E-state index in [1.54, 1.807) is 0 Å². The highest BCUT2D eigenvalue weighted by atomic mass is 16.5. The fraction of sp³-hybridized carbons (Fsp3) is 0.818. The molecule has 0 atom stereocenters. The van der Waals surface area contributed by atoms with Crippen LogP contribution in [0.1, 0.15) is 56.7 Å². The largest absolute Gasteiger partial charge is 0.339 e. The number of hydrogen-bond donors (Lipinski definition) is 0. The van der Waals surface area contributed by atoms with Crippen molar-refractivity contribution in [3.05, 3.63) is 11.7 Å². The van der Waals surface area contributed by atoms with E-state index in [0.29, 0.717) is 5.92 Å². The smallest absolute Gasteiger partial charge is 0.229 e. The third-order valence-electron chi connectivity index (χ3n) is 3.32. The van der Waals surface area contributed by atoms with Crippen molar-refractivity contribution < 1.29 is 4.52 Å². The second-order valence-corrected chi connectivity index (χ2v) is 4.31. The van der Waals surface area contributed by atoms with Gasteiger partial charge in [0.25, 0.3) is 0 Å². The molecule has 1 fully saturated rings. The maximum absolute atomic E-state index is 5.21. The maximum atomic E-state index is 5.21. The summed E-state index contributed by atoms with van der Waals surface area (Å²) >= 11 is 0. The molecule has 78 valence electrons. The van der Waals surface area contributed by atoms with Gasteiger partial charge in [-0.05, 0) is 38.5 Å². The van der Waals surface area contributed by atoms with E-state index >= 15 is 0 Å². The molecule has 0 radical (unpaired) electrons. The summed E-state index contributed by atoms with van der Waals surface area (Å²) in [7, 11) is 0. The standard InChI is InChI=1S/C11H18N2O/c1-3-9-4-6-10(7-5-9)11-12-8(2)13-14-11/h9-10H,3-7H2,1-2H3. The molecule has 1 saturated carbocycles. The Bertz CT molecular complexity index is 287. The highest BCUT2D eigenvalue weighted by molar-refractivity contribution is 4.94. The first kappa shape index (κ1) is 9.69. The molecule has 0 spiro atoms. The van der Waals surface area contributed by atoms with Gasteiger partial charge in [-0.15, -0.1) is 0 Å². The SMILES string of the molecule is CCC1CCC(c2nc(C)no2)CC1. The Hall–Kier alpha value is -0.860. The average Bonchev–Trinajstić information content (AvgIpc) is 2.65. The van der Waals surface area contributed by atoms with Gasteiger partial charge in [0, 0.05) is 5.92 Å². The molecule has 0 bridgehead atoms. The van der Waals surface area contributed by atoms with Crippen molar-refractivity contribution in [1.29, 1.82) is 0 Å². The van der Waals surface area contributed by atoms with Crippen molar-refractivity contribution in [3.63, 3.8) is 0 Å². The normalized spacial score (nSPS) is 27.9. The minimum absolute atomic E-state index is 0.527. The Morgan fingerprint density at radius 2 is 2.00 bits per heavy atom. The minimum atomic E-state index is 0.527. The van der Waals surface area contributed by atoms with Crippen LogP contribution in [-0.2, 0) is 0 Å². The molecule has 1 aliphatic rings. The monoisotopic (exact) mass is 194 g/mol. The Morgan fingerprint density at radius 3 is 2.50 bits per heavy atom. The minimum Gasteiger partial charge on any atom is -0.339 e. The summed E-state index contributed by atoms with van der Waals surface area (Å²) in [5.41, 5.74) is 0. The van der Waals surface area contributed by atoms with Crippen LogP contribution >= 0.6 is 0 Å². The van der Waals surface area contributed by atoms with E-state index in [1.807, 2.05) is 6.92 Å². The molecule has 0 saturated heterocycles. The van der Waals surface area contributed by atoms with Crippen LogP contribution in [0, 0.1) is 12.8 Å². The summed E-state index contributed by atoms with van der Waals surface area (Å²) in [4.78, 5) is 4.31. The topological polar surface area (TPSA) is 38.9 Å². The van der Waals surface area contributed by atoms with Crippen molar-refractivity contribution >= 4 is 0 Å². The van der Waals surface area contributed by atoms with Gasteiger partial charge < -0.3 is 4.52 Å². The second kappa shape index (κ2) is 4.11. The number of rotatable bonds is 2. The molecule has 3 nitrogen and oxygen atoms in total. The molecule has 3 heteroatoms. The van der Waals surface area contributed by atoms with E-state index < -0.39 is 0 Å². The predicted octanol–water partition coefficient (Wildman–Crippen LogP) is 3.06. The molecule has 0 amide bonds. The Balaban J connectivity index is 1.95. The zero-order valence-corrected chi connectivity index (χ0v) is 8.99. The molecular weight excluding hydrogens is 176 g/mol. The zero-order chi connectivity index (χ0) is 9.97. The average molecular weight is 194 g/mol. The van der Waals surface area contributed by atoms with E-state index in [2.05, 4.69) is 17.1 Å². The van der Waals surface area contributed by atoms with E-state index in [9.17, 15) is 0 Å². The first-order valence-corrected chi connectivity index (χ1v) is 5.59. The van der Waals surface area contributed by atoms with Gasteiger partial charge in [-0.2, -0.15) is 4.98 Å². The van der Waals surface area contributed by atoms with Gasteiger partial charge in [0.05, 0.1) is 0 Å². The number of aromatic nitrogens is 2. The van der Waals surface area contributed by atoms with Crippen molar-refractivity contribution in [2.24, 2.45) is 5.92 Å². The summed E-state index contributed by atoms with van der Waals surface area (Å²) in [6, 6.07) is 0. The van der Waals surface area contributed by atoms with Gasteiger partial charge in [-0.25, -0.2) is 0 Å². The third kappa shape index (κ3) is 1.97. The van der Waals surface area contributed by atoms with Crippen molar-refractivity contribution in [3.8, 4) is 0 Å². The fourth-order valence-electron chi connectivity index (χ4n) is 2.30. The van der Waals surface area contributed by atoms with Gasteiger partial charge in [-0.1, -0.05) is 18.5 Å². The molecule has 0 unspecified atom stereocenters. The lowest BCUT2D eigenvalue weighted by molar-refractivity contribution is 0.267. The highest BCUT2D eigenvalue weighted by Gasteiger charge is 2.24. The molecule has 1 aromatic heterocycles. The van der Waals surface area contributed by atoms with Crippen LogP contribution in [0.5, 0.6) is 0 Å². The lowest BCUT2D eigenvalue weighted by Gasteiger charge is -2.25. The van der Waals surface area contributed by atoms with Crippen LogP contribution in [0.3, 0.4) is 0 Å². The third-order valence-corrected chi connectivity index (χ3v) is 3.32. The Kier molecular flexibility index (Phi) is 2.85. The molecule has 1 heterocycles. The molecular formula is C11H18N2O. The maximum Gasteiger partial charge on any atom is 0.229 e. The van der Waals surface area contributed by atoms with Crippen molar-refractivity contribution in [2.75, 3.05) is 0 Å². The number of nitrogens with zero attached hydrogens (tertiary/aromatic N) is 2. The number of hydrogen-bond acceptors (Lipinski definition) is 3. The van der Waals surface area contributed by atoms with Crippen LogP contribution in [0.4, 0.5) is 0 Å². The van der Waals surface area contributed by atoms with E-state index in [0.717, 1.165) is 17.6 Å². The molecule has 14 heavy (non-hydrogen) atoms. The fourth-order valence-corrected chi connectivity index (χ4v) is 2.30. The summed E-state index contributed by atoms with van der Waals surface area (Å²) in [5, 5.41) is 3.84. The van der Waals surface area contributed by atoms with Gasteiger partial charge >= 0.3 is 0 Å². The van der Waals surface area contributed by atoms with Crippen LogP contribution < -0.4 is 0 Å². The van der Waals surface area contributed by atoms with Gasteiger partial charge in [0.1, 0.15) is 0 Å². The second-order valence-electron chi connectivity index (χ2n) is 4.31. The molecule has 0 N–H and O–H groups in total. The van der Waals surface area contributed by atoms with Crippen LogP contribution in [0.25, 0.3) is 0 Å². The van der Waals surface area contributed by atoms with Crippen LogP contribution in [0.15, 0.2) is 4.52 Å². The van der Waals surface area contributed by atoms with Gasteiger partial charge in [0.15, 0.2) is 5.82 Å². The summed E-state index contributed by atoms with van der Waals surface area (Å²) in [6.07, 6.45) is 6.40. The van der Waals surface area contributed by atoms with E-state index in [1.165, 1.54) is 32.1 Å². The molecule has 0 aliphatic heterocycles. The van der Waals surface area contributed by atoms with Crippen molar-refractivity contribution in [1.82, 2.24) is 10.1 Å². The van der Waals surface area contributed by atoms with E-state index in [4.69, 9.17) is 4.52 Å². The van der Waals surface area contributed by atoms with Crippen molar-refractivity contribution in [2.45, 2.75) is 51.9 Å². The quantitative estimate of drug-likeness (QED) is 0.726. The molecule has 0 aromatic carbocycles. The predicted molar refractivity (Wildman–Crippen MR) is 54.0 cm³/mol.